The molecule has 0 radical (unpaired) electrons. The number of phenols is 1. The van der Waals surface area contributed by atoms with Crippen molar-refractivity contribution in [3.63, 3.8) is 0 Å². The van der Waals surface area contributed by atoms with Crippen molar-refractivity contribution in [1.29, 1.82) is 5.26 Å². The second-order valence-corrected chi connectivity index (χ2v) is 2.73. The van der Waals surface area contributed by atoms with Crippen molar-refractivity contribution in [2.75, 3.05) is 0 Å². The second-order valence-electron chi connectivity index (χ2n) is 2.73. The Kier molecular flexibility index (Phi) is 2.85. The van der Waals surface area contributed by atoms with Crippen LogP contribution < -0.4 is 5.73 Å². The van der Waals surface area contributed by atoms with Crippen molar-refractivity contribution < 1.29 is 9.50 Å². The van der Waals surface area contributed by atoms with Crippen LogP contribution in [0.2, 0.25) is 0 Å². The van der Waals surface area contributed by atoms with Crippen molar-refractivity contribution in [3.05, 3.63) is 41.7 Å². The second kappa shape index (κ2) is 3.90. The zero-order valence-electron chi connectivity index (χ0n) is 7.37. The topological polar surface area (TPSA) is 70.0 Å². The number of aromatic hydroxyl groups is 1. The average molecular weight is 192 g/mol. The van der Waals surface area contributed by atoms with Crippen LogP contribution in [0.25, 0.3) is 0 Å². The Morgan fingerprint density at radius 3 is 2.79 bits per heavy atom. The number of hydrogen-bond acceptors (Lipinski definition) is 3. The maximum Gasteiger partial charge on any atom is 0.144 e. The monoisotopic (exact) mass is 192 g/mol. The quantitative estimate of drug-likeness (QED) is 0.699. The maximum absolute atomic E-state index is 12.9. The van der Waals surface area contributed by atoms with E-state index in [0.29, 0.717) is 0 Å². The Labute approximate surface area is 80.9 Å². The van der Waals surface area contributed by atoms with E-state index in [1.165, 1.54) is 12.1 Å². The highest BCUT2D eigenvalue weighted by atomic mass is 19.1. The number of phenolic OH excluding ortho intramolecular Hbond substituents is 1. The normalized spacial score (nSPS) is 11.8. The van der Waals surface area contributed by atoms with Gasteiger partial charge in [0.05, 0.1) is 6.04 Å². The van der Waals surface area contributed by atoms with E-state index in [9.17, 15) is 9.50 Å². The van der Waals surface area contributed by atoms with E-state index in [-0.39, 0.29) is 11.1 Å². The number of hydrogen-bond donors (Lipinski definition) is 2. The zero-order valence-corrected chi connectivity index (χ0v) is 7.37. The molecule has 3 nitrogen and oxygen atoms in total. The van der Waals surface area contributed by atoms with Crippen LogP contribution in [0.4, 0.5) is 4.39 Å². The van der Waals surface area contributed by atoms with Gasteiger partial charge in [-0.05, 0) is 6.07 Å². The molecule has 1 rings (SSSR count). The smallest absolute Gasteiger partial charge is 0.144 e. The van der Waals surface area contributed by atoms with Crippen LogP contribution >= 0.6 is 0 Å². The first-order chi connectivity index (χ1) is 6.61. The van der Waals surface area contributed by atoms with Gasteiger partial charge in [0, 0.05) is 5.56 Å². The van der Waals surface area contributed by atoms with Crippen molar-refractivity contribution in [1.82, 2.24) is 0 Å². The summed E-state index contributed by atoms with van der Waals surface area (Å²) >= 11 is 0. The molecule has 0 amide bonds. The standard InChI is InChI=1S/C10H9FN2O/c1-2-9(13)6-3-4-8(11)7(5-12)10(6)14/h2-4,9,14H,1,13H2. The van der Waals surface area contributed by atoms with Gasteiger partial charge in [-0.25, -0.2) is 4.39 Å². The number of benzene rings is 1. The Bertz CT molecular complexity index is 409. The summed E-state index contributed by atoms with van der Waals surface area (Å²) in [7, 11) is 0. The minimum atomic E-state index is -0.759. The van der Waals surface area contributed by atoms with Gasteiger partial charge >= 0.3 is 0 Å². The molecule has 14 heavy (non-hydrogen) atoms. The summed E-state index contributed by atoms with van der Waals surface area (Å²) in [6.45, 7) is 3.44. The molecule has 0 saturated carbocycles. The molecule has 1 unspecified atom stereocenters. The molecule has 1 aromatic carbocycles. The van der Waals surface area contributed by atoms with E-state index in [1.807, 2.05) is 0 Å². The van der Waals surface area contributed by atoms with Gasteiger partial charge in [0.15, 0.2) is 0 Å². The molecule has 1 aromatic rings. The number of nitrogens with two attached hydrogens (primary N) is 1. The van der Waals surface area contributed by atoms with Gasteiger partial charge in [-0.3, -0.25) is 0 Å². The molecule has 72 valence electrons. The van der Waals surface area contributed by atoms with E-state index in [0.717, 1.165) is 6.07 Å². The van der Waals surface area contributed by atoms with Gasteiger partial charge in [-0.2, -0.15) is 5.26 Å². The molecule has 0 aromatic heterocycles. The van der Waals surface area contributed by atoms with Gasteiger partial charge < -0.3 is 10.8 Å². The first-order valence-corrected chi connectivity index (χ1v) is 3.91. The Morgan fingerprint density at radius 1 is 1.64 bits per heavy atom. The molecule has 1 atom stereocenters. The third-order valence-corrected chi connectivity index (χ3v) is 1.88. The van der Waals surface area contributed by atoms with E-state index in [1.54, 1.807) is 6.07 Å². The third-order valence-electron chi connectivity index (χ3n) is 1.88. The number of halogens is 1. The van der Waals surface area contributed by atoms with Gasteiger partial charge in [0.1, 0.15) is 23.2 Å². The lowest BCUT2D eigenvalue weighted by Gasteiger charge is -2.10. The molecule has 4 heteroatoms. The predicted molar refractivity (Wildman–Crippen MR) is 49.9 cm³/mol. The summed E-state index contributed by atoms with van der Waals surface area (Å²) in [5.74, 6) is -1.18. The number of rotatable bonds is 2. The molecule has 0 fully saturated rings. The van der Waals surface area contributed by atoms with E-state index < -0.39 is 17.6 Å². The molecule has 0 aliphatic rings. The van der Waals surface area contributed by atoms with Gasteiger partial charge in [-0.1, -0.05) is 12.1 Å². The maximum atomic E-state index is 12.9. The fourth-order valence-corrected chi connectivity index (χ4v) is 1.08. The van der Waals surface area contributed by atoms with Crippen molar-refractivity contribution in [3.8, 4) is 11.8 Å². The number of nitrogens with zero attached hydrogens (tertiary/aromatic N) is 1. The van der Waals surface area contributed by atoms with Crippen LogP contribution in [-0.4, -0.2) is 5.11 Å². The largest absolute Gasteiger partial charge is 0.506 e. The van der Waals surface area contributed by atoms with Crippen LogP contribution in [0, 0.1) is 17.1 Å². The van der Waals surface area contributed by atoms with Crippen LogP contribution in [-0.2, 0) is 0 Å². The summed E-state index contributed by atoms with van der Waals surface area (Å²) < 4.78 is 12.9. The minimum Gasteiger partial charge on any atom is -0.506 e. The summed E-state index contributed by atoms with van der Waals surface area (Å²) in [5.41, 5.74) is 5.46. The molecular formula is C10H9FN2O. The molecule has 0 aliphatic carbocycles. The number of nitriles is 1. The molecule has 0 saturated heterocycles. The SMILES string of the molecule is C=CC(N)c1ccc(F)c(C#N)c1O. The molecule has 0 heterocycles. The predicted octanol–water partition coefficient (Wildman–Crippen LogP) is 1.59. The van der Waals surface area contributed by atoms with Crippen LogP contribution in [0.5, 0.6) is 5.75 Å². The van der Waals surface area contributed by atoms with Crippen molar-refractivity contribution in [2.45, 2.75) is 6.04 Å². The lowest BCUT2D eigenvalue weighted by molar-refractivity contribution is 0.457. The lowest BCUT2D eigenvalue weighted by atomic mass is 10.0. The zero-order chi connectivity index (χ0) is 10.7. The first-order valence-electron chi connectivity index (χ1n) is 3.91. The van der Waals surface area contributed by atoms with Crippen LogP contribution in [0.1, 0.15) is 17.2 Å². The molecule has 0 bridgehead atoms. The highest BCUT2D eigenvalue weighted by Gasteiger charge is 2.15. The van der Waals surface area contributed by atoms with E-state index >= 15 is 0 Å². The van der Waals surface area contributed by atoms with E-state index in [4.69, 9.17) is 11.0 Å². The summed E-state index contributed by atoms with van der Waals surface area (Å²) in [6, 6.07) is 3.38. The van der Waals surface area contributed by atoms with Crippen molar-refractivity contribution in [2.24, 2.45) is 5.73 Å². The van der Waals surface area contributed by atoms with E-state index in [2.05, 4.69) is 6.58 Å². The summed E-state index contributed by atoms with van der Waals surface area (Å²) in [4.78, 5) is 0. The Balaban J connectivity index is 3.37. The average Bonchev–Trinajstić information content (AvgIpc) is 2.18. The molecule has 3 N–H and O–H groups in total. The molecule has 0 aliphatic heterocycles. The van der Waals surface area contributed by atoms with Crippen LogP contribution in [0.15, 0.2) is 24.8 Å². The molecular weight excluding hydrogens is 183 g/mol. The minimum absolute atomic E-state index is 0.290. The highest BCUT2D eigenvalue weighted by Crippen LogP contribution is 2.28. The van der Waals surface area contributed by atoms with Gasteiger partial charge in [0.25, 0.3) is 0 Å². The summed E-state index contributed by atoms with van der Waals surface area (Å²) in [6.07, 6.45) is 1.40. The van der Waals surface area contributed by atoms with Crippen LogP contribution in [0.3, 0.4) is 0 Å². The van der Waals surface area contributed by atoms with Gasteiger partial charge in [-0.15, -0.1) is 6.58 Å². The van der Waals surface area contributed by atoms with Gasteiger partial charge in [0.2, 0.25) is 0 Å². The first kappa shape index (κ1) is 10.2. The summed E-state index contributed by atoms with van der Waals surface area (Å²) in [5, 5.41) is 18.0. The Hall–Kier alpha value is -1.86. The Morgan fingerprint density at radius 2 is 2.29 bits per heavy atom. The fraction of sp³-hybridized carbons (Fsp3) is 0.100. The lowest BCUT2D eigenvalue weighted by Crippen LogP contribution is -2.07. The fourth-order valence-electron chi connectivity index (χ4n) is 1.08. The van der Waals surface area contributed by atoms with Crippen molar-refractivity contribution >= 4 is 0 Å². The molecule has 0 spiro atoms. The third kappa shape index (κ3) is 1.58. The highest BCUT2D eigenvalue weighted by molar-refractivity contribution is 5.50.